The third-order valence-corrected chi connectivity index (χ3v) is 4.21. The number of phenolic OH excluding ortho intramolecular Hbond substituents is 1. The second-order valence-electron chi connectivity index (χ2n) is 5.62. The summed E-state index contributed by atoms with van der Waals surface area (Å²) in [5.74, 6) is 1.07. The first kappa shape index (κ1) is 19.7. The minimum Gasteiger partial charge on any atom is -0.507 e. The molecule has 0 radical (unpaired) electrons. The number of hydrogen-bond acceptors (Lipinski definition) is 6. The number of aromatic hydroxyl groups is 1. The molecule has 0 saturated carbocycles. The molecule has 26 heavy (non-hydrogen) atoms. The number of carbonyl (C=O) groups is 1. The van der Waals surface area contributed by atoms with E-state index in [1.165, 1.54) is 6.07 Å². The summed E-state index contributed by atoms with van der Waals surface area (Å²) in [6.07, 6.45) is 2.28. The number of nitrogens with zero attached hydrogens (tertiary/aromatic N) is 1. The van der Waals surface area contributed by atoms with Crippen molar-refractivity contribution in [1.82, 2.24) is 4.98 Å². The van der Waals surface area contributed by atoms with Gasteiger partial charge in [0, 0.05) is 23.6 Å². The van der Waals surface area contributed by atoms with E-state index < -0.39 is 0 Å². The zero-order chi connectivity index (χ0) is 18.9. The van der Waals surface area contributed by atoms with E-state index in [0.29, 0.717) is 37.7 Å². The zero-order valence-corrected chi connectivity index (χ0v) is 15.3. The van der Waals surface area contributed by atoms with Crippen LogP contribution in [0, 0.1) is 5.92 Å². The van der Waals surface area contributed by atoms with E-state index in [0.717, 1.165) is 5.56 Å². The van der Waals surface area contributed by atoms with Crippen LogP contribution >= 0.6 is 0 Å². The molecule has 1 aliphatic heterocycles. The fourth-order valence-corrected chi connectivity index (χ4v) is 2.94. The van der Waals surface area contributed by atoms with Crippen molar-refractivity contribution in [2.24, 2.45) is 5.92 Å². The summed E-state index contributed by atoms with van der Waals surface area (Å²) in [5.41, 5.74) is 1.14. The van der Waals surface area contributed by atoms with E-state index in [2.05, 4.69) is 4.98 Å². The molecule has 1 unspecified atom stereocenters. The molecule has 0 bridgehead atoms. The van der Waals surface area contributed by atoms with Gasteiger partial charge in [0.1, 0.15) is 11.5 Å². The fraction of sp³-hybridized carbons (Fsp3) is 0.400. The molecule has 1 aromatic heterocycles. The van der Waals surface area contributed by atoms with Gasteiger partial charge in [-0.25, -0.2) is 4.98 Å². The van der Waals surface area contributed by atoms with Crippen molar-refractivity contribution in [1.29, 1.82) is 0 Å². The van der Waals surface area contributed by atoms with E-state index in [9.17, 15) is 9.90 Å². The number of carbonyl (C=O) groups excluding carboxylic acids is 1. The van der Waals surface area contributed by atoms with Crippen molar-refractivity contribution in [2.45, 2.75) is 19.8 Å². The lowest BCUT2D eigenvalue weighted by Crippen LogP contribution is -2.20. The molecule has 3 rings (SSSR count). The van der Waals surface area contributed by atoms with Crippen LogP contribution in [0.2, 0.25) is 0 Å². The number of ether oxygens (including phenoxy) is 3. The van der Waals surface area contributed by atoms with Crippen LogP contribution in [0.4, 0.5) is 0 Å². The molecule has 1 saturated heterocycles. The van der Waals surface area contributed by atoms with Gasteiger partial charge in [-0.2, -0.15) is 0 Å². The third-order valence-electron chi connectivity index (χ3n) is 4.21. The van der Waals surface area contributed by atoms with Crippen LogP contribution in [0.1, 0.15) is 35.7 Å². The van der Waals surface area contributed by atoms with Crippen LogP contribution in [0.3, 0.4) is 0 Å². The van der Waals surface area contributed by atoms with Gasteiger partial charge in [0.05, 0.1) is 32.5 Å². The summed E-state index contributed by atoms with van der Waals surface area (Å²) in [4.78, 5) is 15.4. The van der Waals surface area contributed by atoms with Gasteiger partial charge in [-0.15, -0.1) is 0 Å². The van der Waals surface area contributed by atoms with E-state index in [1.807, 2.05) is 26.0 Å². The highest BCUT2D eigenvalue weighted by Gasteiger charge is 2.32. The first-order valence-electron chi connectivity index (χ1n) is 8.71. The Labute approximate surface area is 153 Å². The maximum atomic E-state index is 11.1. The van der Waals surface area contributed by atoms with Crippen molar-refractivity contribution in [3.8, 4) is 17.4 Å². The average molecular weight is 359 g/mol. The summed E-state index contributed by atoms with van der Waals surface area (Å²) < 4.78 is 16.7. The highest BCUT2D eigenvalue weighted by Crippen LogP contribution is 2.36. The Kier molecular flexibility index (Phi) is 7.41. The Bertz CT molecular complexity index is 719. The quantitative estimate of drug-likeness (QED) is 0.796. The Balaban J connectivity index is 0.00000117. The number of benzene rings is 1. The number of rotatable bonds is 6. The smallest absolute Gasteiger partial charge is 0.216 e. The number of aldehydes is 1. The largest absolute Gasteiger partial charge is 0.507 e. The van der Waals surface area contributed by atoms with Gasteiger partial charge in [0.25, 0.3) is 0 Å². The molecule has 140 valence electrons. The van der Waals surface area contributed by atoms with Gasteiger partial charge < -0.3 is 19.3 Å². The molecule has 1 aromatic carbocycles. The Morgan fingerprint density at radius 3 is 2.81 bits per heavy atom. The van der Waals surface area contributed by atoms with E-state index >= 15 is 0 Å². The fourth-order valence-electron chi connectivity index (χ4n) is 2.94. The monoisotopic (exact) mass is 359 g/mol. The number of pyridine rings is 1. The first-order valence-corrected chi connectivity index (χ1v) is 8.71. The number of methoxy groups -OCH3 is 1. The van der Waals surface area contributed by atoms with Gasteiger partial charge in [0.15, 0.2) is 6.29 Å². The van der Waals surface area contributed by atoms with Crippen molar-refractivity contribution >= 4 is 6.29 Å². The molecular formula is C20H25NO5. The van der Waals surface area contributed by atoms with Crippen LogP contribution in [0.5, 0.6) is 17.4 Å². The molecule has 2 aromatic rings. The second-order valence-corrected chi connectivity index (χ2v) is 5.62. The van der Waals surface area contributed by atoms with Crippen LogP contribution < -0.4 is 9.47 Å². The maximum absolute atomic E-state index is 11.1. The molecule has 1 N–H and O–H groups in total. The molecule has 0 amide bonds. The lowest BCUT2D eigenvalue weighted by molar-refractivity contribution is 0.111. The summed E-state index contributed by atoms with van der Waals surface area (Å²) >= 11 is 0. The number of hydrogen-bond donors (Lipinski definition) is 1. The minimum absolute atomic E-state index is 0.0874. The number of phenols is 1. The molecule has 1 fully saturated rings. The summed E-state index contributed by atoms with van der Waals surface area (Å²) in [6.45, 7) is 5.49. The van der Waals surface area contributed by atoms with Crippen LogP contribution in [-0.2, 0) is 4.74 Å². The topological polar surface area (TPSA) is 77.9 Å². The van der Waals surface area contributed by atoms with Crippen molar-refractivity contribution in [3.63, 3.8) is 0 Å². The number of aromatic nitrogens is 1. The molecule has 6 nitrogen and oxygen atoms in total. The van der Waals surface area contributed by atoms with Gasteiger partial charge in [-0.1, -0.05) is 26.0 Å². The molecule has 0 spiro atoms. The van der Waals surface area contributed by atoms with E-state index in [-0.39, 0.29) is 23.1 Å². The summed E-state index contributed by atoms with van der Waals surface area (Å²) in [5, 5.41) is 9.72. The van der Waals surface area contributed by atoms with Crippen LogP contribution in [-0.4, -0.2) is 43.3 Å². The summed E-state index contributed by atoms with van der Waals surface area (Å²) in [6, 6.07) is 8.61. The predicted octanol–water partition coefficient (Wildman–Crippen LogP) is 3.44. The minimum atomic E-state index is -0.0874. The van der Waals surface area contributed by atoms with Crippen LogP contribution in [0.25, 0.3) is 0 Å². The lowest BCUT2D eigenvalue weighted by atomic mass is 9.90. The maximum Gasteiger partial charge on any atom is 0.216 e. The first-order chi connectivity index (χ1) is 12.7. The Hall–Kier alpha value is -2.60. The normalized spacial score (nSPS) is 18.6. The molecule has 6 heteroatoms. The van der Waals surface area contributed by atoms with Gasteiger partial charge >= 0.3 is 0 Å². The standard InChI is InChI=1S/C18H19NO5.C2H6/c1-22-18-13(4-3-7-19-18)15-11-23-9-12(15)10-24-17-6-2-5-16(21)14(17)8-20;1-2/h2-8,12,15,21H,9-11H2,1H3;1-2H3/t12-,15?;/m1./s1. The van der Waals surface area contributed by atoms with Gasteiger partial charge in [-0.3, -0.25) is 4.79 Å². The highest BCUT2D eigenvalue weighted by molar-refractivity contribution is 5.83. The molecule has 1 aliphatic rings. The van der Waals surface area contributed by atoms with E-state index in [1.54, 1.807) is 25.4 Å². The zero-order valence-electron chi connectivity index (χ0n) is 15.3. The third kappa shape index (κ3) is 4.32. The Morgan fingerprint density at radius 2 is 2.08 bits per heavy atom. The predicted molar refractivity (Wildman–Crippen MR) is 98.2 cm³/mol. The van der Waals surface area contributed by atoms with Crippen molar-refractivity contribution < 1.29 is 24.1 Å². The van der Waals surface area contributed by atoms with Crippen LogP contribution in [0.15, 0.2) is 36.5 Å². The molecule has 2 heterocycles. The summed E-state index contributed by atoms with van der Waals surface area (Å²) in [7, 11) is 1.59. The second kappa shape index (κ2) is 9.77. The van der Waals surface area contributed by atoms with Gasteiger partial charge in [-0.05, 0) is 18.2 Å². The Morgan fingerprint density at radius 1 is 1.27 bits per heavy atom. The van der Waals surface area contributed by atoms with Crippen molar-refractivity contribution in [2.75, 3.05) is 26.9 Å². The molecular weight excluding hydrogens is 334 g/mol. The average Bonchev–Trinajstić information content (AvgIpc) is 3.16. The lowest BCUT2D eigenvalue weighted by Gasteiger charge is -2.20. The van der Waals surface area contributed by atoms with Crippen molar-refractivity contribution in [3.05, 3.63) is 47.7 Å². The SMILES string of the molecule is CC.COc1ncccc1C1COC[C@@H]1COc1cccc(O)c1C=O. The molecule has 2 atom stereocenters. The highest BCUT2D eigenvalue weighted by atomic mass is 16.5. The molecule has 0 aliphatic carbocycles. The van der Waals surface area contributed by atoms with E-state index in [4.69, 9.17) is 14.2 Å². The van der Waals surface area contributed by atoms with Gasteiger partial charge in [0.2, 0.25) is 5.88 Å².